The first kappa shape index (κ1) is 17.1. The molecule has 1 aromatic carbocycles. The van der Waals surface area contributed by atoms with Crippen molar-refractivity contribution < 1.29 is 24.2 Å². The molecule has 1 N–H and O–H groups in total. The summed E-state index contributed by atoms with van der Waals surface area (Å²) in [6, 6.07) is 3.17. The van der Waals surface area contributed by atoms with Crippen LogP contribution >= 0.6 is 0 Å². The Balaban J connectivity index is 3.00. The lowest BCUT2D eigenvalue weighted by atomic mass is 9.91. The highest BCUT2D eigenvalue weighted by Gasteiger charge is 2.31. The fourth-order valence-corrected chi connectivity index (χ4v) is 2.40. The normalized spacial score (nSPS) is 10.1. The average molecular weight is 330 g/mol. The van der Waals surface area contributed by atoms with Gasteiger partial charge >= 0.3 is 11.9 Å². The second-order valence-corrected chi connectivity index (χ2v) is 4.76. The lowest BCUT2D eigenvalue weighted by molar-refractivity contribution is 0.0593. The van der Waals surface area contributed by atoms with Gasteiger partial charge in [0.05, 0.1) is 14.2 Å². The molecule has 0 spiro atoms. The van der Waals surface area contributed by atoms with Crippen LogP contribution in [-0.2, 0) is 9.47 Å². The van der Waals surface area contributed by atoms with Crippen molar-refractivity contribution in [1.29, 1.82) is 0 Å². The molecular weight excluding hydrogens is 316 g/mol. The largest absolute Gasteiger partial charge is 0.506 e. The minimum atomic E-state index is -0.929. The van der Waals surface area contributed by atoms with Crippen molar-refractivity contribution in [2.75, 3.05) is 14.2 Å². The molecule has 2 rings (SSSR count). The van der Waals surface area contributed by atoms with E-state index in [9.17, 15) is 19.6 Å². The number of phenolic OH excluding ortho intramolecular Hbond substituents is 1. The number of rotatable bonds is 4. The van der Waals surface area contributed by atoms with Crippen LogP contribution in [0.3, 0.4) is 0 Å². The van der Waals surface area contributed by atoms with Crippen LogP contribution in [-0.4, -0.2) is 36.2 Å². The summed E-state index contributed by atoms with van der Waals surface area (Å²) in [5.74, 6) is -2.48. The minimum Gasteiger partial charge on any atom is -0.506 e. The highest BCUT2D eigenvalue weighted by Crippen LogP contribution is 2.44. The van der Waals surface area contributed by atoms with Crippen LogP contribution in [0.1, 0.15) is 26.3 Å². The van der Waals surface area contributed by atoms with E-state index in [2.05, 4.69) is 19.6 Å². The summed E-state index contributed by atoms with van der Waals surface area (Å²) < 4.78 is 9.28. The summed E-state index contributed by atoms with van der Waals surface area (Å²) >= 11 is 0. The Morgan fingerprint density at radius 2 is 1.79 bits per heavy atom. The predicted octanol–water partition coefficient (Wildman–Crippen LogP) is 2.73. The highest BCUT2D eigenvalue weighted by atomic mass is 16.5. The molecule has 1 heterocycles. The van der Waals surface area contributed by atoms with Crippen molar-refractivity contribution in [1.82, 2.24) is 4.98 Å². The Morgan fingerprint density at radius 1 is 1.17 bits per heavy atom. The number of hydrogen-bond donors (Lipinski definition) is 1. The second-order valence-electron chi connectivity index (χ2n) is 4.76. The van der Waals surface area contributed by atoms with Crippen molar-refractivity contribution in [3.8, 4) is 16.9 Å². The monoisotopic (exact) mass is 330 g/mol. The van der Waals surface area contributed by atoms with Crippen molar-refractivity contribution in [2.24, 2.45) is 5.18 Å². The molecular formula is C16H14N2O6. The molecule has 0 aliphatic rings. The van der Waals surface area contributed by atoms with E-state index in [0.717, 1.165) is 14.2 Å². The number of carbonyl (C=O) groups excluding carboxylic acids is 2. The molecule has 1 aromatic heterocycles. The van der Waals surface area contributed by atoms with Gasteiger partial charge in [-0.15, -0.1) is 4.91 Å². The molecule has 24 heavy (non-hydrogen) atoms. The molecule has 0 radical (unpaired) electrons. The van der Waals surface area contributed by atoms with Gasteiger partial charge in [-0.05, 0) is 23.7 Å². The van der Waals surface area contributed by atoms with E-state index >= 15 is 0 Å². The number of nitroso groups, excluding NO2 is 1. The highest BCUT2D eigenvalue weighted by molar-refractivity contribution is 6.09. The van der Waals surface area contributed by atoms with Gasteiger partial charge in [0.2, 0.25) is 0 Å². The number of benzene rings is 1. The average Bonchev–Trinajstić information content (AvgIpc) is 2.61. The third-order valence-corrected chi connectivity index (χ3v) is 3.51. The molecule has 0 bridgehead atoms. The van der Waals surface area contributed by atoms with Crippen LogP contribution < -0.4 is 0 Å². The Hall–Kier alpha value is -3.29. The molecule has 0 aliphatic carbocycles. The lowest BCUT2D eigenvalue weighted by Crippen LogP contribution is -2.12. The van der Waals surface area contributed by atoms with E-state index in [-0.39, 0.29) is 27.9 Å². The number of esters is 2. The van der Waals surface area contributed by atoms with E-state index in [0.29, 0.717) is 5.56 Å². The molecule has 124 valence electrons. The van der Waals surface area contributed by atoms with Crippen LogP contribution in [0.25, 0.3) is 11.1 Å². The Kier molecular flexibility index (Phi) is 4.88. The SMILES string of the molecule is COC(=O)c1c(C)c(N=O)c(-c2cccnc2)c(C(=O)OC)c1O. The van der Waals surface area contributed by atoms with Gasteiger partial charge in [0.15, 0.2) is 0 Å². The van der Waals surface area contributed by atoms with Gasteiger partial charge in [-0.1, -0.05) is 6.07 Å². The van der Waals surface area contributed by atoms with Crippen LogP contribution in [0.15, 0.2) is 29.7 Å². The zero-order chi connectivity index (χ0) is 17.9. The fourth-order valence-electron chi connectivity index (χ4n) is 2.40. The molecule has 0 aliphatic heterocycles. The van der Waals surface area contributed by atoms with E-state index in [1.165, 1.54) is 19.3 Å². The number of methoxy groups -OCH3 is 2. The van der Waals surface area contributed by atoms with Crippen LogP contribution in [0, 0.1) is 11.8 Å². The van der Waals surface area contributed by atoms with E-state index in [1.807, 2.05) is 0 Å². The molecule has 8 heteroatoms. The van der Waals surface area contributed by atoms with Crippen LogP contribution in [0.5, 0.6) is 5.75 Å². The van der Waals surface area contributed by atoms with Gasteiger partial charge in [0.25, 0.3) is 0 Å². The number of pyridine rings is 1. The van der Waals surface area contributed by atoms with Gasteiger partial charge in [0, 0.05) is 23.5 Å². The van der Waals surface area contributed by atoms with Crippen molar-refractivity contribution in [3.05, 3.63) is 46.1 Å². The van der Waals surface area contributed by atoms with Crippen LogP contribution in [0.4, 0.5) is 5.69 Å². The van der Waals surface area contributed by atoms with Gasteiger partial charge in [0.1, 0.15) is 22.6 Å². The molecule has 0 amide bonds. The summed E-state index contributed by atoms with van der Waals surface area (Å²) in [5.41, 5.74) is -0.372. The lowest BCUT2D eigenvalue weighted by Gasteiger charge is -2.17. The van der Waals surface area contributed by atoms with Crippen molar-refractivity contribution >= 4 is 17.6 Å². The van der Waals surface area contributed by atoms with Crippen molar-refractivity contribution in [3.63, 3.8) is 0 Å². The first-order valence-electron chi connectivity index (χ1n) is 6.77. The van der Waals surface area contributed by atoms with Crippen LogP contribution in [0.2, 0.25) is 0 Å². The maximum absolute atomic E-state index is 12.2. The summed E-state index contributed by atoms with van der Waals surface area (Å²) in [5, 5.41) is 13.4. The van der Waals surface area contributed by atoms with E-state index < -0.39 is 17.7 Å². The molecule has 0 unspecified atom stereocenters. The maximum Gasteiger partial charge on any atom is 0.342 e. The zero-order valence-electron chi connectivity index (χ0n) is 13.2. The molecule has 0 atom stereocenters. The summed E-state index contributed by atoms with van der Waals surface area (Å²) in [7, 11) is 2.22. The number of nitrogens with zero attached hydrogens (tertiary/aromatic N) is 2. The van der Waals surface area contributed by atoms with Gasteiger partial charge in [-0.3, -0.25) is 4.98 Å². The standard InChI is InChI=1S/C16H14N2O6/c1-8-10(15(20)23-2)14(19)12(16(21)24-3)11(13(8)18-22)9-5-4-6-17-7-9/h4-7,19H,1-3H3. The number of hydrogen-bond acceptors (Lipinski definition) is 8. The van der Waals surface area contributed by atoms with Crippen molar-refractivity contribution in [2.45, 2.75) is 6.92 Å². The Morgan fingerprint density at radius 3 is 2.29 bits per heavy atom. The zero-order valence-corrected chi connectivity index (χ0v) is 13.2. The quantitative estimate of drug-likeness (QED) is 0.677. The third kappa shape index (κ3) is 2.69. The number of phenols is 1. The summed E-state index contributed by atoms with van der Waals surface area (Å²) in [6.45, 7) is 1.42. The molecule has 2 aromatic rings. The topological polar surface area (TPSA) is 115 Å². The summed E-state index contributed by atoms with van der Waals surface area (Å²) in [4.78, 5) is 39.4. The smallest absolute Gasteiger partial charge is 0.342 e. The number of ether oxygens (including phenoxy) is 2. The minimum absolute atomic E-state index is 0.0348. The third-order valence-electron chi connectivity index (χ3n) is 3.51. The predicted molar refractivity (Wildman–Crippen MR) is 84.2 cm³/mol. The Labute approximate surface area is 137 Å². The molecule has 0 fully saturated rings. The number of aromatic nitrogens is 1. The first-order valence-corrected chi connectivity index (χ1v) is 6.77. The van der Waals surface area contributed by atoms with E-state index in [4.69, 9.17) is 0 Å². The first-order chi connectivity index (χ1) is 11.5. The Bertz CT molecular complexity index is 817. The maximum atomic E-state index is 12.2. The number of carbonyl (C=O) groups is 2. The fraction of sp³-hybridized carbons (Fsp3) is 0.188. The van der Waals surface area contributed by atoms with Gasteiger partial charge < -0.3 is 14.6 Å². The molecule has 0 saturated heterocycles. The summed E-state index contributed by atoms with van der Waals surface area (Å²) in [6.07, 6.45) is 2.90. The van der Waals surface area contributed by atoms with E-state index in [1.54, 1.807) is 12.1 Å². The van der Waals surface area contributed by atoms with Gasteiger partial charge in [-0.25, -0.2) is 9.59 Å². The number of aromatic hydroxyl groups is 1. The molecule has 8 nitrogen and oxygen atoms in total. The van der Waals surface area contributed by atoms with Gasteiger partial charge in [-0.2, -0.15) is 0 Å². The second kappa shape index (κ2) is 6.86. The molecule has 0 saturated carbocycles.